The molecule has 2 unspecified atom stereocenters. The zero-order chi connectivity index (χ0) is 15.7. The molecule has 4 N–H and O–H groups in total. The van der Waals surface area contributed by atoms with Crippen molar-refractivity contribution in [2.75, 3.05) is 19.6 Å². The van der Waals surface area contributed by atoms with Crippen molar-refractivity contribution >= 4 is 16.8 Å². The first-order valence-corrected chi connectivity index (χ1v) is 7.36. The number of rotatable bonds is 3. The Morgan fingerprint density at radius 1 is 1.36 bits per heavy atom. The summed E-state index contributed by atoms with van der Waals surface area (Å²) in [6.07, 6.45) is -0.462. The number of aryl methyl sites for hydroxylation is 1. The predicted molar refractivity (Wildman–Crippen MR) is 84.0 cm³/mol. The van der Waals surface area contributed by atoms with Gasteiger partial charge in [-0.15, -0.1) is 0 Å². The second kappa shape index (κ2) is 5.90. The molecule has 1 aliphatic heterocycles. The van der Waals surface area contributed by atoms with Crippen LogP contribution in [0.3, 0.4) is 0 Å². The van der Waals surface area contributed by atoms with Crippen LogP contribution in [0.15, 0.2) is 29.1 Å². The summed E-state index contributed by atoms with van der Waals surface area (Å²) in [5, 5.41) is 16.4. The van der Waals surface area contributed by atoms with E-state index in [9.17, 15) is 14.7 Å². The van der Waals surface area contributed by atoms with Crippen LogP contribution < -0.4 is 16.2 Å². The Morgan fingerprint density at radius 3 is 2.86 bits per heavy atom. The second-order valence-electron chi connectivity index (χ2n) is 5.70. The van der Waals surface area contributed by atoms with Gasteiger partial charge in [0.15, 0.2) is 0 Å². The van der Waals surface area contributed by atoms with Crippen molar-refractivity contribution in [3.63, 3.8) is 0 Å². The smallest absolute Gasteiger partial charge is 0.261 e. The van der Waals surface area contributed by atoms with Crippen molar-refractivity contribution in [2.45, 2.75) is 13.0 Å². The van der Waals surface area contributed by atoms with Crippen LogP contribution in [0.2, 0.25) is 0 Å². The lowest BCUT2D eigenvalue weighted by Gasteiger charge is -2.15. The highest BCUT2D eigenvalue weighted by Gasteiger charge is 2.26. The Balaban J connectivity index is 1.86. The van der Waals surface area contributed by atoms with E-state index in [1.54, 1.807) is 6.92 Å². The number of carbonyl (C=O) groups excluding carboxylic acids is 1. The average Bonchev–Trinajstić information content (AvgIpc) is 2.90. The molecule has 1 aromatic carbocycles. The summed E-state index contributed by atoms with van der Waals surface area (Å²) in [5.41, 5.74) is 1.14. The molecule has 1 aromatic heterocycles. The monoisotopic (exact) mass is 301 g/mol. The van der Waals surface area contributed by atoms with Gasteiger partial charge in [-0.05, 0) is 18.6 Å². The van der Waals surface area contributed by atoms with Crippen molar-refractivity contribution in [1.29, 1.82) is 0 Å². The zero-order valence-corrected chi connectivity index (χ0v) is 12.3. The summed E-state index contributed by atoms with van der Waals surface area (Å²) in [5.74, 6) is -0.424. The van der Waals surface area contributed by atoms with Crippen LogP contribution in [0.25, 0.3) is 10.9 Å². The molecule has 6 heteroatoms. The highest BCUT2D eigenvalue weighted by molar-refractivity contribution is 5.99. The molecule has 2 aromatic rings. The van der Waals surface area contributed by atoms with Crippen molar-refractivity contribution in [3.05, 3.63) is 45.7 Å². The first-order chi connectivity index (χ1) is 10.6. The molecule has 116 valence electrons. The number of aromatic amines is 1. The number of para-hydroxylation sites is 1. The number of pyridine rings is 1. The standard InChI is InChI=1S/C16H19N3O3/c1-9-11-4-2-3-5-12(11)19-16(22)14(9)15(21)18-7-10-6-17-8-13(10)20/h2-5,10,13,17,20H,6-8H2,1H3,(H,18,21)(H,19,22). The summed E-state index contributed by atoms with van der Waals surface area (Å²) in [7, 11) is 0. The number of aromatic nitrogens is 1. The number of benzene rings is 1. The van der Waals surface area contributed by atoms with E-state index in [4.69, 9.17) is 0 Å². The number of hydrogen-bond acceptors (Lipinski definition) is 4. The van der Waals surface area contributed by atoms with E-state index in [0.29, 0.717) is 25.2 Å². The van der Waals surface area contributed by atoms with Crippen LogP contribution in [0.5, 0.6) is 0 Å². The minimum absolute atomic E-state index is 0.0243. The fourth-order valence-corrected chi connectivity index (χ4v) is 2.92. The van der Waals surface area contributed by atoms with Crippen molar-refractivity contribution in [2.24, 2.45) is 5.92 Å². The molecule has 1 saturated heterocycles. The predicted octanol–water partition coefficient (Wildman–Crippen LogP) is 0.147. The fraction of sp³-hybridized carbons (Fsp3) is 0.375. The number of amides is 1. The Labute approximate surface area is 127 Å². The summed E-state index contributed by atoms with van der Waals surface area (Å²) >= 11 is 0. The highest BCUT2D eigenvalue weighted by atomic mass is 16.3. The first-order valence-electron chi connectivity index (χ1n) is 7.36. The number of aliphatic hydroxyl groups is 1. The molecule has 0 spiro atoms. The molecule has 1 amide bonds. The molecule has 1 aliphatic rings. The molecular weight excluding hydrogens is 282 g/mol. The molecule has 0 aliphatic carbocycles. The van der Waals surface area contributed by atoms with Crippen molar-refractivity contribution < 1.29 is 9.90 Å². The van der Waals surface area contributed by atoms with Gasteiger partial charge in [0, 0.05) is 36.5 Å². The van der Waals surface area contributed by atoms with Gasteiger partial charge in [0.1, 0.15) is 5.56 Å². The lowest BCUT2D eigenvalue weighted by atomic mass is 10.0. The Bertz CT molecular complexity index is 769. The molecule has 2 heterocycles. The normalized spacial score (nSPS) is 21.2. The minimum atomic E-state index is -0.462. The minimum Gasteiger partial charge on any atom is -0.391 e. The maximum Gasteiger partial charge on any atom is 0.261 e. The van der Waals surface area contributed by atoms with E-state index in [1.165, 1.54) is 0 Å². The third kappa shape index (κ3) is 2.63. The van der Waals surface area contributed by atoms with Gasteiger partial charge in [0.2, 0.25) is 0 Å². The number of carbonyl (C=O) groups is 1. The molecule has 22 heavy (non-hydrogen) atoms. The second-order valence-corrected chi connectivity index (χ2v) is 5.70. The SMILES string of the molecule is Cc1c(C(=O)NCC2CNCC2O)c(=O)[nH]c2ccccc12. The molecule has 3 rings (SSSR count). The molecule has 1 fully saturated rings. The molecule has 0 saturated carbocycles. The highest BCUT2D eigenvalue weighted by Crippen LogP contribution is 2.17. The number of hydrogen-bond donors (Lipinski definition) is 4. The number of nitrogens with one attached hydrogen (secondary N) is 3. The van der Waals surface area contributed by atoms with E-state index in [-0.39, 0.29) is 11.5 Å². The maximum atomic E-state index is 12.4. The van der Waals surface area contributed by atoms with Crippen LogP contribution in [-0.2, 0) is 0 Å². The zero-order valence-electron chi connectivity index (χ0n) is 12.3. The van der Waals surface area contributed by atoms with Crippen LogP contribution in [0, 0.1) is 12.8 Å². The summed E-state index contributed by atoms with van der Waals surface area (Å²) in [6.45, 7) is 3.32. The molecule has 0 radical (unpaired) electrons. The van der Waals surface area contributed by atoms with Gasteiger partial charge in [0.05, 0.1) is 6.10 Å². The number of fused-ring (bicyclic) bond motifs is 1. The fourth-order valence-electron chi connectivity index (χ4n) is 2.92. The number of β-amino-alcohol motifs (C(OH)–C–C–N with tert-alkyl or cyclic N) is 1. The average molecular weight is 301 g/mol. The third-order valence-corrected chi connectivity index (χ3v) is 4.24. The van der Waals surface area contributed by atoms with Gasteiger partial charge < -0.3 is 20.7 Å². The first kappa shape index (κ1) is 14.7. The lowest BCUT2D eigenvalue weighted by molar-refractivity contribution is 0.0925. The Hall–Kier alpha value is -2.18. The lowest BCUT2D eigenvalue weighted by Crippen LogP contribution is -2.37. The quantitative estimate of drug-likeness (QED) is 0.649. The molecule has 6 nitrogen and oxygen atoms in total. The van der Waals surface area contributed by atoms with Gasteiger partial charge in [-0.1, -0.05) is 18.2 Å². The van der Waals surface area contributed by atoms with E-state index in [2.05, 4.69) is 15.6 Å². The topological polar surface area (TPSA) is 94.2 Å². The van der Waals surface area contributed by atoms with Crippen LogP contribution >= 0.6 is 0 Å². The largest absolute Gasteiger partial charge is 0.391 e. The third-order valence-electron chi connectivity index (χ3n) is 4.24. The van der Waals surface area contributed by atoms with E-state index >= 15 is 0 Å². The number of H-pyrrole nitrogens is 1. The van der Waals surface area contributed by atoms with Crippen molar-refractivity contribution in [1.82, 2.24) is 15.6 Å². The van der Waals surface area contributed by atoms with Gasteiger partial charge in [-0.2, -0.15) is 0 Å². The summed E-state index contributed by atoms with van der Waals surface area (Å²) in [6, 6.07) is 7.40. The van der Waals surface area contributed by atoms with Crippen LogP contribution in [0.1, 0.15) is 15.9 Å². The van der Waals surface area contributed by atoms with Crippen LogP contribution in [0.4, 0.5) is 0 Å². The van der Waals surface area contributed by atoms with Gasteiger partial charge in [-0.25, -0.2) is 0 Å². The number of aliphatic hydroxyl groups excluding tert-OH is 1. The molecular formula is C16H19N3O3. The van der Waals surface area contributed by atoms with Crippen LogP contribution in [-0.4, -0.2) is 41.7 Å². The van der Waals surface area contributed by atoms with E-state index < -0.39 is 17.6 Å². The summed E-state index contributed by atoms with van der Waals surface area (Å²) < 4.78 is 0. The maximum absolute atomic E-state index is 12.4. The summed E-state index contributed by atoms with van der Waals surface area (Å²) in [4.78, 5) is 27.3. The van der Waals surface area contributed by atoms with E-state index in [0.717, 1.165) is 10.9 Å². The Kier molecular flexibility index (Phi) is 3.96. The van der Waals surface area contributed by atoms with Gasteiger partial charge in [0.25, 0.3) is 11.5 Å². The molecule has 2 atom stereocenters. The van der Waals surface area contributed by atoms with Gasteiger partial charge >= 0.3 is 0 Å². The van der Waals surface area contributed by atoms with Crippen molar-refractivity contribution in [3.8, 4) is 0 Å². The Morgan fingerprint density at radius 2 is 2.14 bits per heavy atom. The molecule has 0 bridgehead atoms. The van der Waals surface area contributed by atoms with E-state index in [1.807, 2.05) is 24.3 Å². The van der Waals surface area contributed by atoms with Gasteiger partial charge in [-0.3, -0.25) is 9.59 Å².